The molecule has 6 nitrogen and oxygen atoms in total. The first-order valence-corrected chi connectivity index (χ1v) is 7.40. The standard InChI is InChI=1S/C14H21ClN4O2/c1-6-9-11(15)10(18(5)17-9)7-19-8(2)12(20)16-14(3,4)13(19)21/h8H,6-7H2,1-5H3,(H,16,20). The predicted octanol–water partition coefficient (Wildman–Crippen LogP) is 1.26. The number of aryl methyl sites for hydroxylation is 2. The van der Waals surface area contributed by atoms with E-state index in [4.69, 9.17) is 11.6 Å². The second kappa shape index (κ2) is 5.33. The highest BCUT2D eigenvalue weighted by Gasteiger charge is 2.43. The lowest BCUT2D eigenvalue weighted by atomic mass is 9.97. The third-order valence-corrected chi connectivity index (χ3v) is 4.34. The van der Waals surface area contributed by atoms with Gasteiger partial charge in [-0.2, -0.15) is 5.10 Å². The topological polar surface area (TPSA) is 67.2 Å². The summed E-state index contributed by atoms with van der Waals surface area (Å²) in [6.07, 6.45) is 0.724. The smallest absolute Gasteiger partial charge is 0.248 e. The zero-order chi connectivity index (χ0) is 15.9. The van der Waals surface area contributed by atoms with Crippen LogP contribution in [0.3, 0.4) is 0 Å². The van der Waals surface area contributed by atoms with Crippen molar-refractivity contribution in [3.8, 4) is 0 Å². The Morgan fingerprint density at radius 1 is 1.38 bits per heavy atom. The second-order valence-corrected chi connectivity index (χ2v) is 6.29. The summed E-state index contributed by atoms with van der Waals surface area (Å²) in [6.45, 7) is 7.37. The van der Waals surface area contributed by atoms with E-state index in [-0.39, 0.29) is 18.4 Å². The fourth-order valence-corrected chi connectivity index (χ4v) is 2.86. The fourth-order valence-electron chi connectivity index (χ4n) is 2.50. The van der Waals surface area contributed by atoms with E-state index in [0.29, 0.717) is 5.02 Å². The van der Waals surface area contributed by atoms with Crippen LogP contribution in [0.15, 0.2) is 0 Å². The number of halogens is 1. The van der Waals surface area contributed by atoms with Crippen LogP contribution in [0.5, 0.6) is 0 Å². The molecule has 2 rings (SSSR count). The minimum atomic E-state index is -0.901. The second-order valence-electron chi connectivity index (χ2n) is 5.91. The minimum Gasteiger partial charge on any atom is -0.340 e. The van der Waals surface area contributed by atoms with Crippen LogP contribution < -0.4 is 5.32 Å². The predicted molar refractivity (Wildman–Crippen MR) is 79.8 cm³/mol. The minimum absolute atomic E-state index is 0.120. The number of nitrogens with one attached hydrogen (secondary N) is 1. The van der Waals surface area contributed by atoms with Gasteiger partial charge in [-0.1, -0.05) is 18.5 Å². The first-order chi connectivity index (χ1) is 9.69. The summed E-state index contributed by atoms with van der Waals surface area (Å²) in [5.41, 5.74) is 0.650. The lowest BCUT2D eigenvalue weighted by molar-refractivity contribution is -0.153. The highest BCUT2D eigenvalue weighted by atomic mass is 35.5. The summed E-state index contributed by atoms with van der Waals surface area (Å²) in [5, 5.41) is 7.65. The average molecular weight is 313 g/mol. The van der Waals surface area contributed by atoms with Crippen molar-refractivity contribution in [2.75, 3.05) is 0 Å². The van der Waals surface area contributed by atoms with Gasteiger partial charge in [-0.15, -0.1) is 0 Å². The van der Waals surface area contributed by atoms with Crippen molar-refractivity contribution in [3.63, 3.8) is 0 Å². The molecule has 1 aliphatic heterocycles. The molecule has 0 aromatic carbocycles. The molecule has 1 aromatic heterocycles. The lowest BCUT2D eigenvalue weighted by Gasteiger charge is -2.41. The number of aromatic nitrogens is 2. The summed E-state index contributed by atoms with van der Waals surface area (Å²) in [5.74, 6) is -0.279. The van der Waals surface area contributed by atoms with Crippen LogP contribution in [0.2, 0.25) is 5.02 Å². The summed E-state index contributed by atoms with van der Waals surface area (Å²) in [6, 6.07) is -0.526. The molecule has 1 fully saturated rings. The molecule has 21 heavy (non-hydrogen) atoms. The summed E-state index contributed by atoms with van der Waals surface area (Å²) < 4.78 is 1.68. The van der Waals surface area contributed by atoms with Gasteiger partial charge in [0, 0.05) is 7.05 Å². The van der Waals surface area contributed by atoms with Gasteiger partial charge >= 0.3 is 0 Å². The van der Waals surface area contributed by atoms with E-state index >= 15 is 0 Å². The Morgan fingerprint density at radius 3 is 2.52 bits per heavy atom. The highest BCUT2D eigenvalue weighted by molar-refractivity contribution is 6.31. The lowest BCUT2D eigenvalue weighted by Crippen LogP contribution is -2.67. The number of carbonyl (C=O) groups excluding carboxylic acids is 2. The molecular formula is C14H21ClN4O2. The van der Waals surface area contributed by atoms with E-state index in [9.17, 15) is 9.59 Å². The highest BCUT2D eigenvalue weighted by Crippen LogP contribution is 2.26. The zero-order valence-electron chi connectivity index (χ0n) is 13.0. The van der Waals surface area contributed by atoms with E-state index in [2.05, 4.69) is 10.4 Å². The van der Waals surface area contributed by atoms with Crippen LogP contribution >= 0.6 is 11.6 Å². The molecule has 1 aliphatic rings. The van der Waals surface area contributed by atoms with Gasteiger partial charge in [-0.25, -0.2) is 0 Å². The van der Waals surface area contributed by atoms with E-state index in [1.807, 2.05) is 6.92 Å². The molecule has 0 spiro atoms. The number of rotatable bonds is 3. The number of hydrogen-bond acceptors (Lipinski definition) is 3. The van der Waals surface area contributed by atoms with Crippen LogP contribution in [-0.2, 0) is 29.6 Å². The number of hydrogen-bond donors (Lipinski definition) is 1. The Bertz CT molecular complexity index is 594. The Hall–Kier alpha value is -1.56. The van der Waals surface area contributed by atoms with Gasteiger partial charge < -0.3 is 10.2 Å². The molecule has 1 N–H and O–H groups in total. The van der Waals surface area contributed by atoms with Gasteiger partial charge in [0.25, 0.3) is 0 Å². The van der Waals surface area contributed by atoms with Crippen LogP contribution in [0, 0.1) is 0 Å². The van der Waals surface area contributed by atoms with E-state index in [0.717, 1.165) is 17.8 Å². The van der Waals surface area contributed by atoms with Crippen LogP contribution in [0.1, 0.15) is 39.1 Å². The molecule has 0 bridgehead atoms. The first-order valence-electron chi connectivity index (χ1n) is 7.02. The number of piperazine rings is 1. The maximum absolute atomic E-state index is 12.5. The van der Waals surface area contributed by atoms with Gasteiger partial charge in [0.1, 0.15) is 11.6 Å². The summed E-state index contributed by atoms with van der Waals surface area (Å²) >= 11 is 6.33. The molecule has 0 radical (unpaired) electrons. The van der Waals surface area contributed by atoms with Gasteiger partial charge in [-0.3, -0.25) is 14.3 Å². The molecule has 1 unspecified atom stereocenters. The molecule has 7 heteroatoms. The molecule has 116 valence electrons. The normalized spacial score (nSPS) is 21.6. The molecule has 0 aliphatic carbocycles. The maximum Gasteiger partial charge on any atom is 0.248 e. The van der Waals surface area contributed by atoms with Gasteiger partial charge in [0.05, 0.1) is 23.0 Å². The van der Waals surface area contributed by atoms with Gasteiger partial charge in [-0.05, 0) is 27.2 Å². The zero-order valence-corrected chi connectivity index (χ0v) is 13.8. The average Bonchev–Trinajstić information content (AvgIpc) is 2.67. The Morgan fingerprint density at radius 2 is 2.00 bits per heavy atom. The van der Waals surface area contributed by atoms with Gasteiger partial charge in [0.15, 0.2) is 0 Å². The number of amides is 2. The van der Waals surface area contributed by atoms with Crippen LogP contribution in [0.25, 0.3) is 0 Å². The quantitative estimate of drug-likeness (QED) is 0.913. The van der Waals surface area contributed by atoms with Crippen molar-refractivity contribution in [1.82, 2.24) is 20.0 Å². The van der Waals surface area contributed by atoms with Crippen LogP contribution in [-0.4, -0.2) is 38.1 Å². The van der Waals surface area contributed by atoms with Crippen molar-refractivity contribution >= 4 is 23.4 Å². The summed E-state index contributed by atoms with van der Waals surface area (Å²) in [4.78, 5) is 26.1. The van der Waals surface area contributed by atoms with Crippen LogP contribution in [0.4, 0.5) is 0 Å². The van der Waals surface area contributed by atoms with Crippen molar-refractivity contribution < 1.29 is 9.59 Å². The third kappa shape index (κ3) is 2.64. The number of carbonyl (C=O) groups is 2. The van der Waals surface area contributed by atoms with Gasteiger partial charge in [0.2, 0.25) is 11.8 Å². The Labute approximate surface area is 129 Å². The molecular weight excluding hydrogens is 292 g/mol. The fraction of sp³-hybridized carbons (Fsp3) is 0.643. The molecule has 1 atom stereocenters. The molecule has 2 heterocycles. The molecule has 0 saturated carbocycles. The Balaban J connectivity index is 2.35. The van der Waals surface area contributed by atoms with Crippen molar-refractivity contribution in [1.29, 1.82) is 0 Å². The van der Waals surface area contributed by atoms with E-state index < -0.39 is 11.6 Å². The van der Waals surface area contributed by atoms with E-state index in [1.54, 1.807) is 37.4 Å². The maximum atomic E-state index is 12.5. The molecule has 1 aromatic rings. The molecule has 1 saturated heterocycles. The number of nitrogens with zero attached hydrogens (tertiary/aromatic N) is 3. The largest absolute Gasteiger partial charge is 0.340 e. The van der Waals surface area contributed by atoms with Crippen molar-refractivity contribution in [2.45, 2.75) is 52.2 Å². The van der Waals surface area contributed by atoms with E-state index in [1.165, 1.54) is 0 Å². The van der Waals surface area contributed by atoms with Crippen molar-refractivity contribution in [3.05, 3.63) is 16.4 Å². The monoisotopic (exact) mass is 312 g/mol. The third-order valence-electron chi connectivity index (χ3n) is 3.90. The summed E-state index contributed by atoms with van der Waals surface area (Å²) in [7, 11) is 1.80. The molecule has 2 amide bonds. The Kier molecular flexibility index (Phi) is 4.02. The first kappa shape index (κ1) is 15.8. The van der Waals surface area contributed by atoms with Crippen molar-refractivity contribution in [2.24, 2.45) is 7.05 Å². The SMILES string of the molecule is CCc1nn(C)c(CN2C(=O)C(C)(C)NC(=O)C2C)c1Cl.